The average Bonchev–Trinajstić information content (AvgIpc) is 3.00. The van der Waals surface area contributed by atoms with Gasteiger partial charge in [-0.2, -0.15) is 0 Å². The second-order valence-corrected chi connectivity index (χ2v) is 7.42. The highest BCUT2D eigenvalue weighted by Crippen LogP contribution is 2.39. The normalized spacial score (nSPS) is 22.7. The molecule has 2 heterocycles. The zero-order valence-corrected chi connectivity index (χ0v) is 16.4. The van der Waals surface area contributed by atoms with Gasteiger partial charge < -0.3 is 14.4 Å². The summed E-state index contributed by atoms with van der Waals surface area (Å²) in [6.07, 6.45) is 6.97. The zero-order valence-electron chi connectivity index (χ0n) is 16.4. The monoisotopic (exact) mass is 360 g/mol. The first-order valence-electron chi connectivity index (χ1n) is 9.92. The highest BCUT2D eigenvalue weighted by Gasteiger charge is 2.36. The van der Waals surface area contributed by atoms with E-state index in [-0.39, 0.29) is 18.0 Å². The molecule has 2 fully saturated rings. The van der Waals surface area contributed by atoms with Crippen LogP contribution in [-0.4, -0.2) is 55.6 Å². The van der Waals surface area contributed by atoms with Crippen molar-refractivity contribution in [3.63, 3.8) is 0 Å². The van der Waals surface area contributed by atoms with Crippen LogP contribution in [0.25, 0.3) is 0 Å². The Kier molecular flexibility index (Phi) is 6.41. The quantitative estimate of drug-likeness (QED) is 0.804. The van der Waals surface area contributed by atoms with Crippen molar-refractivity contribution in [2.75, 3.05) is 33.9 Å². The Labute approximate surface area is 157 Å². The van der Waals surface area contributed by atoms with Crippen LogP contribution in [0.5, 0.6) is 11.5 Å². The number of rotatable bonds is 5. The molecule has 0 radical (unpaired) electrons. The molecule has 0 N–H and O–H groups in total. The molecular weight excluding hydrogens is 328 g/mol. The summed E-state index contributed by atoms with van der Waals surface area (Å²) < 4.78 is 11.0. The summed E-state index contributed by atoms with van der Waals surface area (Å²) in [5, 5.41) is 0. The Morgan fingerprint density at radius 1 is 1.04 bits per heavy atom. The number of carbonyl (C=O) groups excluding carboxylic acids is 1. The van der Waals surface area contributed by atoms with Gasteiger partial charge in [0.2, 0.25) is 5.91 Å². The molecule has 26 heavy (non-hydrogen) atoms. The summed E-state index contributed by atoms with van der Waals surface area (Å²) >= 11 is 0. The molecule has 2 saturated heterocycles. The molecule has 0 spiro atoms. The van der Waals surface area contributed by atoms with Crippen molar-refractivity contribution in [1.82, 2.24) is 9.80 Å². The minimum atomic E-state index is -0.0506. The van der Waals surface area contributed by atoms with Crippen LogP contribution < -0.4 is 9.47 Å². The van der Waals surface area contributed by atoms with Gasteiger partial charge in [-0.15, -0.1) is 0 Å². The Hall–Kier alpha value is -1.75. The summed E-state index contributed by atoms with van der Waals surface area (Å²) in [4.78, 5) is 17.7. The van der Waals surface area contributed by atoms with Crippen molar-refractivity contribution in [2.24, 2.45) is 0 Å². The fraction of sp³-hybridized carbons (Fsp3) is 0.667. The maximum Gasteiger partial charge on any atom is 0.240 e. The summed E-state index contributed by atoms with van der Waals surface area (Å²) in [5.41, 5.74) is 1.06. The fourth-order valence-corrected chi connectivity index (χ4v) is 4.33. The van der Waals surface area contributed by atoms with Crippen LogP contribution >= 0.6 is 0 Å². The van der Waals surface area contributed by atoms with Gasteiger partial charge in [0.1, 0.15) is 11.5 Å². The van der Waals surface area contributed by atoms with Crippen LogP contribution in [0.4, 0.5) is 0 Å². The molecule has 2 atom stereocenters. The Morgan fingerprint density at radius 3 is 2.42 bits per heavy atom. The highest BCUT2D eigenvalue weighted by molar-refractivity contribution is 5.82. The van der Waals surface area contributed by atoms with E-state index in [1.54, 1.807) is 14.2 Å². The Bertz CT molecular complexity index is 611. The largest absolute Gasteiger partial charge is 0.497 e. The molecule has 1 amide bonds. The molecule has 0 aromatic heterocycles. The number of methoxy groups -OCH3 is 2. The SMILES string of the molecule is COc1ccc(OC)c(C2CCCN2C(=O)C(C)N2CCCCCC2)c1. The van der Waals surface area contributed by atoms with E-state index < -0.39 is 0 Å². The van der Waals surface area contributed by atoms with Gasteiger partial charge in [0.05, 0.1) is 26.3 Å². The number of hydrogen-bond donors (Lipinski definition) is 0. The summed E-state index contributed by atoms with van der Waals surface area (Å²) in [5.74, 6) is 1.89. The Morgan fingerprint density at radius 2 is 1.77 bits per heavy atom. The van der Waals surface area contributed by atoms with Crippen molar-refractivity contribution < 1.29 is 14.3 Å². The predicted molar refractivity (Wildman–Crippen MR) is 103 cm³/mol. The van der Waals surface area contributed by atoms with Crippen molar-refractivity contribution in [3.8, 4) is 11.5 Å². The van der Waals surface area contributed by atoms with Crippen molar-refractivity contribution in [3.05, 3.63) is 23.8 Å². The van der Waals surface area contributed by atoms with Gasteiger partial charge in [0.25, 0.3) is 0 Å². The Balaban J connectivity index is 1.80. The lowest BCUT2D eigenvalue weighted by molar-refractivity contribution is -0.137. The number of likely N-dealkylation sites (tertiary alicyclic amines) is 2. The first-order valence-corrected chi connectivity index (χ1v) is 9.92. The number of hydrogen-bond acceptors (Lipinski definition) is 4. The van der Waals surface area contributed by atoms with Crippen LogP contribution in [0.15, 0.2) is 18.2 Å². The maximum atomic E-state index is 13.3. The number of nitrogens with zero attached hydrogens (tertiary/aromatic N) is 2. The summed E-state index contributed by atoms with van der Waals surface area (Å²) in [7, 11) is 3.36. The van der Waals surface area contributed by atoms with Crippen molar-refractivity contribution in [1.29, 1.82) is 0 Å². The molecule has 1 aromatic rings. The van der Waals surface area contributed by atoms with E-state index in [1.807, 2.05) is 18.2 Å². The predicted octanol–water partition coefficient (Wildman–Crippen LogP) is 3.63. The summed E-state index contributed by atoms with van der Waals surface area (Å²) in [6.45, 7) is 4.97. The van der Waals surface area contributed by atoms with E-state index in [0.717, 1.165) is 49.5 Å². The second-order valence-electron chi connectivity index (χ2n) is 7.42. The minimum absolute atomic E-state index is 0.0506. The fourth-order valence-electron chi connectivity index (χ4n) is 4.33. The molecule has 144 valence electrons. The van der Waals surface area contributed by atoms with Crippen molar-refractivity contribution >= 4 is 5.91 Å². The molecule has 0 aliphatic carbocycles. The van der Waals surface area contributed by atoms with Crippen LogP contribution in [0.2, 0.25) is 0 Å². The molecule has 2 aliphatic heterocycles. The van der Waals surface area contributed by atoms with Gasteiger partial charge in [0.15, 0.2) is 0 Å². The van der Waals surface area contributed by atoms with Gasteiger partial charge in [-0.3, -0.25) is 9.69 Å². The molecule has 0 saturated carbocycles. The summed E-state index contributed by atoms with van der Waals surface area (Å²) in [6, 6.07) is 5.88. The number of benzene rings is 1. The van der Waals surface area contributed by atoms with E-state index in [4.69, 9.17) is 9.47 Å². The van der Waals surface area contributed by atoms with Crippen LogP contribution in [-0.2, 0) is 4.79 Å². The third-order valence-corrected chi connectivity index (χ3v) is 5.88. The first kappa shape index (κ1) is 19.0. The van der Waals surface area contributed by atoms with Gasteiger partial charge in [-0.05, 0) is 63.9 Å². The van der Waals surface area contributed by atoms with E-state index in [0.29, 0.717) is 0 Å². The lowest BCUT2D eigenvalue weighted by atomic mass is 10.0. The van der Waals surface area contributed by atoms with Gasteiger partial charge >= 0.3 is 0 Å². The van der Waals surface area contributed by atoms with Gasteiger partial charge in [-0.25, -0.2) is 0 Å². The second kappa shape index (κ2) is 8.76. The van der Waals surface area contributed by atoms with Crippen LogP contribution in [0.1, 0.15) is 57.1 Å². The molecule has 1 aromatic carbocycles. The molecule has 0 bridgehead atoms. The van der Waals surface area contributed by atoms with E-state index in [1.165, 1.54) is 25.7 Å². The van der Waals surface area contributed by atoms with E-state index in [9.17, 15) is 4.79 Å². The molecule has 2 aliphatic rings. The lowest BCUT2D eigenvalue weighted by Gasteiger charge is -2.33. The molecule has 5 heteroatoms. The smallest absolute Gasteiger partial charge is 0.240 e. The highest BCUT2D eigenvalue weighted by atomic mass is 16.5. The standard InChI is InChI=1S/C21H32N2O3/c1-16(22-12-6-4-5-7-13-22)21(24)23-14-8-9-19(23)18-15-17(25-2)10-11-20(18)26-3/h10-11,15-16,19H,4-9,12-14H2,1-3H3. The van der Waals surface area contributed by atoms with E-state index in [2.05, 4.69) is 16.7 Å². The van der Waals surface area contributed by atoms with Crippen LogP contribution in [0.3, 0.4) is 0 Å². The number of carbonyl (C=O) groups is 1. The van der Waals surface area contributed by atoms with Gasteiger partial charge in [-0.1, -0.05) is 12.8 Å². The van der Waals surface area contributed by atoms with E-state index >= 15 is 0 Å². The zero-order chi connectivity index (χ0) is 18.5. The number of ether oxygens (including phenoxy) is 2. The molecular formula is C21H32N2O3. The van der Waals surface area contributed by atoms with Crippen molar-refractivity contribution in [2.45, 2.75) is 57.5 Å². The average molecular weight is 360 g/mol. The van der Waals surface area contributed by atoms with Crippen LogP contribution in [0, 0.1) is 0 Å². The molecule has 3 rings (SSSR count). The lowest BCUT2D eigenvalue weighted by Crippen LogP contribution is -2.47. The maximum absolute atomic E-state index is 13.3. The first-order chi connectivity index (χ1) is 12.7. The molecule has 5 nitrogen and oxygen atoms in total. The number of amides is 1. The molecule has 2 unspecified atom stereocenters. The van der Waals surface area contributed by atoms with Gasteiger partial charge in [0, 0.05) is 12.1 Å². The topological polar surface area (TPSA) is 42.0 Å². The third kappa shape index (κ3) is 3.98. The third-order valence-electron chi connectivity index (χ3n) is 5.88. The minimum Gasteiger partial charge on any atom is -0.497 e.